The van der Waals surface area contributed by atoms with Crippen molar-refractivity contribution in [2.45, 2.75) is 46.3 Å². The van der Waals surface area contributed by atoms with Crippen LogP contribution in [0.1, 0.15) is 37.5 Å². The van der Waals surface area contributed by atoms with Crippen LogP contribution < -0.4 is 4.74 Å². The molecule has 0 fully saturated rings. The number of para-hydroxylation sites is 1. The zero-order valence-electron chi connectivity index (χ0n) is 14.6. The Morgan fingerprint density at radius 2 is 1.83 bits per heavy atom. The highest BCUT2D eigenvalue weighted by molar-refractivity contribution is 9.10. The molecule has 0 aliphatic carbocycles. The van der Waals surface area contributed by atoms with Gasteiger partial charge in [-0.05, 0) is 57.0 Å². The molecular formula is C20H23BrO3. The third-order valence-corrected chi connectivity index (χ3v) is 3.68. The van der Waals surface area contributed by atoms with E-state index in [1.54, 1.807) is 0 Å². The Kier molecular flexibility index (Phi) is 6.05. The zero-order valence-corrected chi connectivity index (χ0v) is 16.1. The Morgan fingerprint density at radius 1 is 1.12 bits per heavy atom. The predicted molar refractivity (Wildman–Crippen MR) is 99.2 cm³/mol. The SMILES string of the molecule is Cc1cc(Br)cc(COc2ccccc2CC(=O)OC(C)(C)C)c1. The largest absolute Gasteiger partial charge is 0.489 e. The van der Waals surface area contributed by atoms with Gasteiger partial charge in [0.05, 0.1) is 6.42 Å². The Bertz CT molecular complexity index is 697. The lowest BCUT2D eigenvalue weighted by atomic mass is 10.1. The normalized spacial score (nSPS) is 11.2. The van der Waals surface area contributed by atoms with Gasteiger partial charge in [0.25, 0.3) is 0 Å². The Balaban J connectivity index is 2.07. The monoisotopic (exact) mass is 390 g/mol. The average Bonchev–Trinajstić information content (AvgIpc) is 2.43. The summed E-state index contributed by atoms with van der Waals surface area (Å²) in [6.45, 7) is 8.09. The summed E-state index contributed by atoms with van der Waals surface area (Å²) in [6, 6.07) is 13.7. The number of esters is 1. The first kappa shape index (κ1) is 18.5. The van der Waals surface area contributed by atoms with Crippen molar-refractivity contribution >= 4 is 21.9 Å². The van der Waals surface area contributed by atoms with Crippen LogP contribution in [0.15, 0.2) is 46.9 Å². The van der Waals surface area contributed by atoms with Crippen LogP contribution in [0.4, 0.5) is 0 Å². The smallest absolute Gasteiger partial charge is 0.310 e. The molecule has 2 aromatic rings. The van der Waals surface area contributed by atoms with Crippen molar-refractivity contribution in [2.75, 3.05) is 0 Å². The summed E-state index contributed by atoms with van der Waals surface area (Å²) < 4.78 is 12.4. The lowest BCUT2D eigenvalue weighted by molar-refractivity contribution is -0.153. The number of hydrogen-bond donors (Lipinski definition) is 0. The van der Waals surface area contributed by atoms with Gasteiger partial charge in [-0.25, -0.2) is 0 Å². The molecule has 0 N–H and O–H groups in total. The molecule has 4 heteroatoms. The molecular weight excluding hydrogens is 368 g/mol. The van der Waals surface area contributed by atoms with Crippen molar-refractivity contribution in [3.63, 3.8) is 0 Å². The highest BCUT2D eigenvalue weighted by Gasteiger charge is 2.18. The number of benzene rings is 2. The van der Waals surface area contributed by atoms with Gasteiger partial charge < -0.3 is 9.47 Å². The summed E-state index contributed by atoms with van der Waals surface area (Å²) in [7, 11) is 0. The maximum absolute atomic E-state index is 12.1. The maximum Gasteiger partial charge on any atom is 0.310 e. The quantitative estimate of drug-likeness (QED) is 0.656. The average molecular weight is 391 g/mol. The number of carbonyl (C=O) groups excluding carboxylic acids is 1. The van der Waals surface area contributed by atoms with E-state index in [2.05, 4.69) is 28.1 Å². The number of carbonyl (C=O) groups is 1. The van der Waals surface area contributed by atoms with E-state index in [1.807, 2.05) is 58.0 Å². The van der Waals surface area contributed by atoms with Gasteiger partial charge in [0, 0.05) is 10.0 Å². The standard InChI is InChI=1S/C20H23BrO3/c1-14-9-15(11-17(21)10-14)13-23-18-8-6-5-7-16(18)12-19(22)24-20(2,3)4/h5-11H,12-13H2,1-4H3. The van der Waals surface area contributed by atoms with Crippen molar-refractivity contribution in [1.29, 1.82) is 0 Å². The van der Waals surface area contributed by atoms with E-state index in [-0.39, 0.29) is 12.4 Å². The van der Waals surface area contributed by atoms with Crippen LogP contribution in [-0.4, -0.2) is 11.6 Å². The van der Waals surface area contributed by atoms with Gasteiger partial charge in [-0.15, -0.1) is 0 Å². The lowest BCUT2D eigenvalue weighted by Gasteiger charge is -2.20. The highest BCUT2D eigenvalue weighted by Crippen LogP contribution is 2.22. The van der Waals surface area contributed by atoms with Gasteiger partial charge >= 0.3 is 5.97 Å². The molecule has 0 spiro atoms. The van der Waals surface area contributed by atoms with Gasteiger partial charge in [0.1, 0.15) is 18.0 Å². The Hall–Kier alpha value is -1.81. The first-order valence-corrected chi connectivity index (χ1v) is 8.71. The molecule has 0 heterocycles. The van der Waals surface area contributed by atoms with Gasteiger partial charge in [0.15, 0.2) is 0 Å². The van der Waals surface area contributed by atoms with Gasteiger partial charge in [-0.3, -0.25) is 4.79 Å². The molecule has 2 rings (SSSR count). The fourth-order valence-corrected chi connectivity index (χ4v) is 3.04. The second-order valence-corrected chi connectivity index (χ2v) is 7.71. The number of halogens is 1. The zero-order chi connectivity index (χ0) is 17.7. The number of rotatable bonds is 5. The molecule has 0 aliphatic heterocycles. The number of ether oxygens (including phenoxy) is 2. The molecule has 0 bridgehead atoms. The maximum atomic E-state index is 12.1. The molecule has 0 unspecified atom stereocenters. The van der Waals surface area contributed by atoms with Crippen molar-refractivity contribution in [1.82, 2.24) is 0 Å². The summed E-state index contributed by atoms with van der Waals surface area (Å²) in [4.78, 5) is 12.1. The lowest BCUT2D eigenvalue weighted by Crippen LogP contribution is -2.25. The van der Waals surface area contributed by atoms with Crippen LogP contribution in [0, 0.1) is 6.92 Å². The molecule has 0 radical (unpaired) electrons. The van der Waals surface area contributed by atoms with E-state index in [1.165, 1.54) is 5.56 Å². The molecule has 128 valence electrons. The van der Waals surface area contributed by atoms with E-state index >= 15 is 0 Å². The first-order valence-electron chi connectivity index (χ1n) is 7.91. The molecule has 24 heavy (non-hydrogen) atoms. The Morgan fingerprint density at radius 3 is 2.50 bits per heavy atom. The highest BCUT2D eigenvalue weighted by atomic mass is 79.9. The fourth-order valence-electron chi connectivity index (χ4n) is 2.38. The number of hydrogen-bond acceptors (Lipinski definition) is 3. The molecule has 0 saturated carbocycles. The summed E-state index contributed by atoms with van der Waals surface area (Å²) in [6.07, 6.45) is 0.199. The van der Waals surface area contributed by atoms with Crippen molar-refractivity contribution in [3.05, 3.63) is 63.6 Å². The van der Waals surface area contributed by atoms with Crippen LogP contribution in [0.2, 0.25) is 0 Å². The fraction of sp³-hybridized carbons (Fsp3) is 0.350. The summed E-state index contributed by atoms with van der Waals surface area (Å²) in [5, 5.41) is 0. The minimum absolute atomic E-state index is 0.199. The van der Waals surface area contributed by atoms with Crippen LogP contribution in [0.5, 0.6) is 5.75 Å². The van der Waals surface area contributed by atoms with Crippen LogP contribution in [-0.2, 0) is 22.6 Å². The second-order valence-electron chi connectivity index (χ2n) is 6.80. The van der Waals surface area contributed by atoms with Crippen molar-refractivity contribution in [2.24, 2.45) is 0 Å². The molecule has 0 amide bonds. The molecule has 0 saturated heterocycles. The van der Waals surface area contributed by atoms with Crippen LogP contribution in [0.25, 0.3) is 0 Å². The van der Waals surface area contributed by atoms with E-state index in [0.717, 1.165) is 15.6 Å². The molecule has 0 aliphatic rings. The minimum atomic E-state index is -0.485. The topological polar surface area (TPSA) is 35.5 Å². The van der Waals surface area contributed by atoms with Crippen molar-refractivity contribution in [3.8, 4) is 5.75 Å². The van der Waals surface area contributed by atoms with E-state index in [4.69, 9.17) is 9.47 Å². The first-order chi connectivity index (χ1) is 11.2. The predicted octanol–water partition coefficient (Wildman–Crippen LogP) is 5.22. The van der Waals surface area contributed by atoms with E-state index in [9.17, 15) is 4.79 Å². The summed E-state index contributed by atoms with van der Waals surface area (Å²) in [5.41, 5.74) is 2.60. The van der Waals surface area contributed by atoms with Gasteiger partial charge in [0.2, 0.25) is 0 Å². The number of aryl methyl sites for hydroxylation is 1. The molecule has 3 nitrogen and oxygen atoms in total. The van der Waals surface area contributed by atoms with Gasteiger partial charge in [-0.2, -0.15) is 0 Å². The van der Waals surface area contributed by atoms with Crippen LogP contribution >= 0.6 is 15.9 Å². The Labute approximate surface area is 152 Å². The second kappa shape index (κ2) is 7.84. The minimum Gasteiger partial charge on any atom is -0.489 e. The summed E-state index contributed by atoms with van der Waals surface area (Å²) >= 11 is 3.50. The van der Waals surface area contributed by atoms with E-state index < -0.39 is 5.60 Å². The molecule has 0 atom stereocenters. The third kappa shape index (κ3) is 6.00. The van der Waals surface area contributed by atoms with Crippen LogP contribution in [0.3, 0.4) is 0 Å². The third-order valence-electron chi connectivity index (χ3n) is 3.22. The van der Waals surface area contributed by atoms with E-state index in [0.29, 0.717) is 12.4 Å². The van der Waals surface area contributed by atoms with Crippen molar-refractivity contribution < 1.29 is 14.3 Å². The van der Waals surface area contributed by atoms with Gasteiger partial charge in [-0.1, -0.05) is 40.2 Å². The summed E-state index contributed by atoms with van der Waals surface area (Å²) in [5.74, 6) is 0.456. The molecule has 2 aromatic carbocycles. The molecule has 0 aromatic heterocycles.